The lowest BCUT2D eigenvalue weighted by molar-refractivity contribution is -0.149. The third-order valence-electron chi connectivity index (χ3n) is 5.15. The van der Waals surface area contributed by atoms with Crippen molar-refractivity contribution < 1.29 is 9.53 Å². The van der Waals surface area contributed by atoms with Crippen molar-refractivity contribution in [1.29, 1.82) is 0 Å². The van der Waals surface area contributed by atoms with Gasteiger partial charge in [-0.15, -0.1) is 11.3 Å². The molecule has 28 heavy (non-hydrogen) atoms. The summed E-state index contributed by atoms with van der Waals surface area (Å²) in [7, 11) is 0. The van der Waals surface area contributed by atoms with Crippen molar-refractivity contribution in [2.75, 3.05) is 0 Å². The predicted molar refractivity (Wildman–Crippen MR) is 116 cm³/mol. The molecule has 2 aromatic heterocycles. The Labute approximate surface area is 173 Å². The Morgan fingerprint density at radius 2 is 1.93 bits per heavy atom. The van der Waals surface area contributed by atoms with Crippen LogP contribution in [-0.4, -0.2) is 27.3 Å². The molecule has 0 saturated heterocycles. The fourth-order valence-electron chi connectivity index (χ4n) is 3.54. The van der Waals surface area contributed by atoms with Gasteiger partial charge in [0, 0.05) is 10.9 Å². The standard InChI is InChI=1S/C22H24N2O2S2/c1-14-8-10-16(11-9-14)18-12-27-20-19(18)21(24-13-23-20)28-15(2)22(25)26-17-6-4-3-5-7-17/h8-13,15,17H,3-7H2,1-2H3. The summed E-state index contributed by atoms with van der Waals surface area (Å²) in [5.41, 5.74) is 3.50. The Morgan fingerprint density at radius 3 is 2.68 bits per heavy atom. The maximum absolute atomic E-state index is 12.6. The average molecular weight is 413 g/mol. The highest BCUT2D eigenvalue weighted by Gasteiger charge is 2.24. The topological polar surface area (TPSA) is 52.1 Å². The SMILES string of the molecule is Cc1ccc(-c2csc3ncnc(SC(C)C(=O)OC4CCCCC4)c23)cc1. The molecule has 0 N–H and O–H groups in total. The van der Waals surface area contributed by atoms with E-state index in [0.717, 1.165) is 52.1 Å². The van der Waals surface area contributed by atoms with Gasteiger partial charge in [0.1, 0.15) is 27.5 Å². The van der Waals surface area contributed by atoms with Gasteiger partial charge in [-0.1, -0.05) is 48.0 Å². The van der Waals surface area contributed by atoms with Crippen molar-refractivity contribution in [1.82, 2.24) is 9.97 Å². The molecular weight excluding hydrogens is 388 g/mol. The minimum atomic E-state index is -0.300. The van der Waals surface area contributed by atoms with Gasteiger partial charge in [-0.3, -0.25) is 4.79 Å². The second kappa shape index (κ2) is 8.62. The third-order valence-corrected chi connectivity index (χ3v) is 7.12. The first kappa shape index (κ1) is 19.4. The number of esters is 1. The Kier molecular flexibility index (Phi) is 5.97. The van der Waals surface area contributed by atoms with Crippen LogP contribution < -0.4 is 0 Å². The minimum Gasteiger partial charge on any atom is -0.462 e. The molecule has 0 aliphatic heterocycles. The summed E-state index contributed by atoms with van der Waals surface area (Å²) in [6, 6.07) is 8.47. The van der Waals surface area contributed by atoms with Crippen molar-refractivity contribution >= 4 is 39.3 Å². The molecule has 1 aliphatic rings. The van der Waals surface area contributed by atoms with Crippen LogP contribution in [0.4, 0.5) is 0 Å². The molecule has 1 aliphatic carbocycles. The smallest absolute Gasteiger partial charge is 0.319 e. The number of nitrogens with zero attached hydrogens (tertiary/aromatic N) is 2. The van der Waals surface area contributed by atoms with E-state index < -0.39 is 0 Å². The van der Waals surface area contributed by atoms with Crippen LogP contribution in [-0.2, 0) is 9.53 Å². The molecule has 3 aromatic rings. The molecule has 1 unspecified atom stereocenters. The lowest BCUT2D eigenvalue weighted by Crippen LogP contribution is -2.26. The van der Waals surface area contributed by atoms with Gasteiger partial charge in [-0.25, -0.2) is 9.97 Å². The Bertz CT molecular complexity index is 962. The average Bonchev–Trinajstić information content (AvgIpc) is 3.14. The number of thioether (sulfide) groups is 1. The summed E-state index contributed by atoms with van der Waals surface area (Å²) >= 11 is 3.08. The third kappa shape index (κ3) is 4.23. The van der Waals surface area contributed by atoms with Gasteiger partial charge < -0.3 is 4.74 Å². The van der Waals surface area contributed by atoms with Gasteiger partial charge >= 0.3 is 5.97 Å². The van der Waals surface area contributed by atoms with E-state index in [2.05, 4.69) is 46.5 Å². The zero-order valence-electron chi connectivity index (χ0n) is 16.2. The molecule has 1 saturated carbocycles. The molecule has 0 bridgehead atoms. The summed E-state index contributed by atoms with van der Waals surface area (Å²) in [6.07, 6.45) is 7.20. The van der Waals surface area contributed by atoms with Crippen molar-refractivity contribution in [2.45, 2.75) is 62.3 Å². The maximum atomic E-state index is 12.6. The normalized spacial score (nSPS) is 16.2. The van der Waals surface area contributed by atoms with Crippen molar-refractivity contribution in [3.05, 3.63) is 41.5 Å². The highest BCUT2D eigenvalue weighted by molar-refractivity contribution is 8.00. The summed E-state index contributed by atoms with van der Waals surface area (Å²) in [5, 5.41) is 3.69. The molecule has 1 aromatic carbocycles. The van der Waals surface area contributed by atoms with E-state index in [-0.39, 0.29) is 17.3 Å². The zero-order valence-corrected chi connectivity index (χ0v) is 17.8. The molecule has 1 atom stereocenters. The molecule has 0 amide bonds. The van der Waals surface area contributed by atoms with Crippen LogP contribution in [0.25, 0.3) is 21.3 Å². The fourth-order valence-corrected chi connectivity index (χ4v) is 5.44. The van der Waals surface area contributed by atoms with E-state index in [4.69, 9.17) is 4.74 Å². The largest absolute Gasteiger partial charge is 0.462 e. The van der Waals surface area contributed by atoms with Crippen LogP contribution in [0.15, 0.2) is 41.0 Å². The van der Waals surface area contributed by atoms with Gasteiger partial charge in [0.05, 0.1) is 5.39 Å². The van der Waals surface area contributed by atoms with Gasteiger partial charge in [-0.2, -0.15) is 0 Å². The monoisotopic (exact) mass is 412 g/mol. The quantitative estimate of drug-likeness (QED) is 0.291. The minimum absolute atomic E-state index is 0.0824. The van der Waals surface area contributed by atoms with E-state index in [9.17, 15) is 4.79 Å². The number of carbonyl (C=O) groups is 1. The summed E-state index contributed by atoms with van der Waals surface area (Å²) in [5.74, 6) is -0.143. The van der Waals surface area contributed by atoms with Gasteiger partial charge in [0.25, 0.3) is 0 Å². The van der Waals surface area contributed by atoms with Crippen LogP contribution in [0.2, 0.25) is 0 Å². The van der Waals surface area contributed by atoms with Crippen molar-refractivity contribution in [3.8, 4) is 11.1 Å². The first-order valence-corrected chi connectivity index (χ1v) is 11.5. The molecule has 0 spiro atoms. The molecule has 0 radical (unpaired) electrons. The number of hydrogen-bond acceptors (Lipinski definition) is 6. The lowest BCUT2D eigenvalue weighted by Gasteiger charge is -2.23. The molecule has 4 nitrogen and oxygen atoms in total. The van der Waals surface area contributed by atoms with E-state index in [1.165, 1.54) is 23.7 Å². The second-order valence-corrected chi connectivity index (χ2v) is 9.52. The number of fused-ring (bicyclic) bond motifs is 1. The van der Waals surface area contributed by atoms with Gasteiger partial charge in [-0.05, 0) is 45.1 Å². The molecular formula is C22H24N2O2S2. The van der Waals surface area contributed by atoms with Crippen LogP contribution in [0.3, 0.4) is 0 Å². The number of hydrogen-bond donors (Lipinski definition) is 0. The molecule has 146 valence electrons. The first-order valence-electron chi connectivity index (χ1n) is 9.78. The number of carbonyl (C=O) groups excluding carboxylic acids is 1. The molecule has 1 fully saturated rings. The molecule has 4 rings (SSSR count). The van der Waals surface area contributed by atoms with E-state index in [1.807, 2.05) is 6.92 Å². The number of benzene rings is 1. The second-order valence-electron chi connectivity index (χ2n) is 7.33. The number of aryl methyl sites for hydroxylation is 1. The number of aromatic nitrogens is 2. The Balaban J connectivity index is 1.57. The predicted octanol–water partition coefficient (Wildman–Crippen LogP) is 6.02. The maximum Gasteiger partial charge on any atom is 0.319 e. The van der Waals surface area contributed by atoms with E-state index in [0.29, 0.717) is 0 Å². The molecule has 6 heteroatoms. The lowest BCUT2D eigenvalue weighted by atomic mass is 9.98. The highest BCUT2D eigenvalue weighted by Crippen LogP contribution is 2.39. The fraction of sp³-hybridized carbons (Fsp3) is 0.409. The molecule has 2 heterocycles. The van der Waals surface area contributed by atoms with E-state index >= 15 is 0 Å². The Hall–Kier alpha value is -1.92. The first-order chi connectivity index (χ1) is 13.6. The zero-order chi connectivity index (χ0) is 19.5. The Morgan fingerprint density at radius 1 is 1.18 bits per heavy atom. The summed E-state index contributed by atoms with van der Waals surface area (Å²) < 4.78 is 5.75. The highest BCUT2D eigenvalue weighted by atomic mass is 32.2. The van der Waals surface area contributed by atoms with Crippen molar-refractivity contribution in [3.63, 3.8) is 0 Å². The number of ether oxygens (including phenoxy) is 1. The van der Waals surface area contributed by atoms with Crippen LogP contribution in [0, 0.1) is 6.92 Å². The number of rotatable bonds is 5. The van der Waals surface area contributed by atoms with Crippen molar-refractivity contribution in [2.24, 2.45) is 0 Å². The van der Waals surface area contributed by atoms with Gasteiger partial charge in [0.15, 0.2) is 0 Å². The van der Waals surface area contributed by atoms with Crippen LogP contribution in [0.1, 0.15) is 44.6 Å². The van der Waals surface area contributed by atoms with Gasteiger partial charge in [0.2, 0.25) is 0 Å². The van der Waals surface area contributed by atoms with Crippen LogP contribution >= 0.6 is 23.1 Å². The summed E-state index contributed by atoms with van der Waals surface area (Å²) in [4.78, 5) is 22.5. The van der Waals surface area contributed by atoms with E-state index in [1.54, 1.807) is 17.7 Å². The van der Waals surface area contributed by atoms with Crippen LogP contribution in [0.5, 0.6) is 0 Å². The summed E-state index contributed by atoms with van der Waals surface area (Å²) in [6.45, 7) is 3.99. The number of thiophene rings is 1.